The van der Waals surface area contributed by atoms with Crippen molar-refractivity contribution < 1.29 is 0 Å². The molecular formula is C3H6BN. The van der Waals surface area contributed by atoms with E-state index < -0.39 is 0 Å². The molecule has 26 valence electrons. The van der Waals surface area contributed by atoms with Crippen LogP contribution in [0, 0.1) is 0 Å². The smallest absolute Gasteiger partial charge is 0.236 e. The third kappa shape index (κ3) is 0.438. The highest BCUT2D eigenvalue weighted by atomic mass is 14.7. The van der Waals surface area contributed by atoms with Crippen LogP contribution < -0.4 is 5.23 Å². The first-order valence-electron chi connectivity index (χ1n) is 1.88. The molecule has 1 aliphatic heterocycles. The molecule has 0 aromatic carbocycles. The second kappa shape index (κ2) is 1.15. The Balaban J connectivity index is 2.32. The SMILES string of the molecule is B1CC=CN1. The fourth-order valence-electron chi connectivity index (χ4n) is 0.417. The Morgan fingerprint density at radius 2 is 2.80 bits per heavy atom. The number of rotatable bonds is 0. The van der Waals surface area contributed by atoms with Crippen LogP contribution in [0.5, 0.6) is 0 Å². The van der Waals surface area contributed by atoms with Gasteiger partial charge in [0.1, 0.15) is 0 Å². The average Bonchev–Trinajstić information content (AvgIpc) is 1.76. The van der Waals surface area contributed by atoms with Gasteiger partial charge in [0.05, 0.1) is 0 Å². The van der Waals surface area contributed by atoms with Gasteiger partial charge in [0, 0.05) is 0 Å². The van der Waals surface area contributed by atoms with E-state index in [1.54, 1.807) is 0 Å². The summed E-state index contributed by atoms with van der Waals surface area (Å²) in [7, 11) is 1.14. The summed E-state index contributed by atoms with van der Waals surface area (Å²) in [6, 6.07) is 0. The van der Waals surface area contributed by atoms with Crippen LogP contribution in [0.4, 0.5) is 0 Å². The summed E-state index contributed by atoms with van der Waals surface area (Å²) in [6.07, 6.45) is 5.32. The lowest BCUT2D eigenvalue weighted by Crippen LogP contribution is -2.01. The summed E-state index contributed by atoms with van der Waals surface area (Å²) >= 11 is 0. The van der Waals surface area contributed by atoms with Gasteiger partial charge in [-0.05, 0) is 12.5 Å². The molecule has 0 aromatic rings. The van der Waals surface area contributed by atoms with Crippen LogP contribution in [0.3, 0.4) is 0 Å². The van der Waals surface area contributed by atoms with Gasteiger partial charge in [-0.1, -0.05) is 6.08 Å². The van der Waals surface area contributed by atoms with E-state index in [0.717, 1.165) is 7.41 Å². The first-order valence-corrected chi connectivity index (χ1v) is 1.88. The molecule has 0 bridgehead atoms. The van der Waals surface area contributed by atoms with Crippen molar-refractivity contribution in [1.82, 2.24) is 5.23 Å². The van der Waals surface area contributed by atoms with E-state index in [2.05, 4.69) is 11.3 Å². The summed E-state index contributed by atoms with van der Waals surface area (Å²) in [5.41, 5.74) is 0. The molecule has 0 aromatic heterocycles. The van der Waals surface area contributed by atoms with Crippen molar-refractivity contribution in [3.63, 3.8) is 0 Å². The molecule has 0 saturated carbocycles. The Morgan fingerprint density at radius 3 is 3.00 bits per heavy atom. The van der Waals surface area contributed by atoms with Crippen molar-refractivity contribution >= 4 is 7.41 Å². The summed E-state index contributed by atoms with van der Waals surface area (Å²) in [5.74, 6) is 0. The van der Waals surface area contributed by atoms with Gasteiger partial charge in [-0.2, -0.15) is 0 Å². The van der Waals surface area contributed by atoms with Crippen molar-refractivity contribution in [1.29, 1.82) is 0 Å². The van der Waals surface area contributed by atoms with E-state index in [-0.39, 0.29) is 0 Å². The van der Waals surface area contributed by atoms with Crippen LogP contribution in [-0.4, -0.2) is 7.41 Å². The first-order chi connectivity index (χ1) is 2.50. The van der Waals surface area contributed by atoms with E-state index in [1.807, 2.05) is 6.20 Å². The van der Waals surface area contributed by atoms with Crippen LogP contribution in [0.1, 0.15) is 0 Å². The molecule has 1 rings (SSSR count). The summed E-state index contributed by atoms with van der Waals surface area (Å²) in [4.78, 5) is 0. The molecule has 0 atom stereocenters. The van der Waals surface area contributed by atoms with E-state index in [1.165, 1.54) is 6.32 Å². The molecule has 0 spiro atoms. The molecule has 0 fully saturated rings. The average molecular weight is 66.9 g/mol. The Kier molecular flexibility index (Phi) is 0.651. The molecule has 0 saturated heterocycles. The van der Waals surface area contributed by atoms with Gasteiger partial charge in [-0.15, -0.1) is 0 Å². The summed E-state index contributed by atoms with van der Waals surface area (Å²) < 4.78 is 0. The molecule has 0 radical (unpaired) electrons. The lowest BCUT2D eigenvalue weighted by molar-refractivity contribution is 1.40. The normalized spacial score (nSPS) is 17.6. The lowest BCUT2D eigenvalue weighted by Gasteiger charge is -1.74. The highest BCUT2D eigenvalue weighted by Crippen LogP contribution is 1.83. The predicted molar refractivity (Wildman–Crippen MR) is 24.2 cm³/mol. The minimum Gasteiger partial charge on any atom is -0.437 e. The van der Waals surface area contributed by atoms with Crippen LogP contribution >= 0.6 is 0 Å². The van der Waals surface area contributed by atoms with Crippen LogP contribution in [0.2, 0.25) is 6.32 Å². The second-order valence-corrected chi connectivity index (χ2v) is 1.15. The standard InChI is InChI=1S/C3H6BN/c1-2-4-5-3-1/h1,3-5H,2H2. The number of allylic oxidation sites excluding steroid dienone is 1. The van der Waals surface area contributed by atoms with Crippen molar-refractivity contribution in [3.8, 4) is 0 Å². The fourth-order valence-corrected chi connectivity index (χ4v) is 0.417. The van der Waals surface area contributed by atoms with E-state index >= 15 is 0 Å². The Hall–Kier alpha value is -0.395. The molecule has 1 nitrogen and oxygen atoms in total. The number of hydrogen-bond acceptors (Lipinski definition) is 1. The van der Waals surface area contributed by atoms with Gasteiger partial charge >= 0.3 is 0 Å². The van der Waals surface area contributed by atoms with Gasteiger partial charge in [0.15, 0.2) is 0 Å². The molecule has 5 heavy (non-hydrogen) atoms. The maximum absolute atomic E-state index is 3.04. The molecule has 1 heterocycles. The van der Waals surface area contributed by atoms with Gasteiger partial charge in [-0.3, -0.25) is 0 Å². The quantitative estimate of drug-likeness (QED) is 0.389. The zero-order valence-electron chi connectivity index (χ0n) is 3.07. The van der Waals surface area contributed by atoms with Gasteiger partial charge in [0.2, 0.25) is 7.41 Å². The van der Waals surface area contributed by atoms with Crippen LogP contribution in [0.15, 0.2) is 12.3 Å². The fraction of sp³-hybridized carbons (Fsp3) is 0.333. The summed E-state index contributed by atoms with van der Waals surface area (Å²) in [5, 5.41) is 3.04. The Labute approximate surface area is 32.3 Å². The van der Waals surface area contributed by atoms with Crippen molar-refractivity contribution in [2.45, 2.75) is 6.32 Å². The predicted octanol–water partition coefficient (Wildman–Crippen LogP) is -0.127. The van der Waals surface area contributed by atoms with Crippen molar-refractivity contribution in [2.24, 2.45) is 0 Å². The van der Waals surface area contributed by atoms with Gasteiger partial charge < -0.3 is 5.23 Å². The Bertz CT molecular complexity index is 44.9. The minimum absolute atomic E-state index is 1.14. The molecule has 2 heteroatoms. The summed E-state index contributed by atoms with van der Waals surface area (Å²) in [6.45, 7) is 0. The molecule has 1 N–H and O–H groups in total. The largest absolute Gasteiger partial charge is 0.437 e. The zero-order chi connectivity index (χ0) is 3.54. The first kappa shape index (κ1) is 2.82. The van der Waals surface area contributed by atoms with Crippen LogP contribution in [-0.2, 0) is 0 Å². The third-order valence-electron chi connectivity index (χ3n) is 0.691. The van der Waals surface area contributed by atoms with Crippen LogP contribution in [0.25, 0.3) is 0 Å². The van der Waals surface area contributed by atoms with Crippen molar-refractivity contribution in [2.75, 3.05) is 0 Å². The molecule has 0 amide bonds. The van der Waals surface area contributed by atoms with Crippen molar-refractivity contribution in [3.05, 3.63) is 12.3 Å². The van der Waals surface area contributed by atoms with E-state index in [0.29, 0.717) is 0 Å². The monoisotopic (exact) mass is 67.1 g/mol. The zero-order valence-corrected chi connectivity index (χ0v) is 3.07. The molecule has 1 aliphatic rings. The van der Waals surface area contributed by atoms with Gasteiger partial charge in [0.25, 0.3) is 0 Å². The molecule has 0 aliphatic carbocycles. The Morgan fingerprint density at radius 1 is 1.80 bits per heavy atom. The van der Waals surface area contributed by atoms with E-state index in [9.17, 15) is 0 Å². The van der Waals surface area contributed by atoms with Gasteiger partial charge in [-0.25, -0.2) is 0 Å². The highest BCUT2D eigenvalue weighted by molar-refractivity contribution is 6.34. The maximum Gasteiger partial charge on any atom is 0.236 e. The van der Waals surface area contributed by atoms with E-state index in [4.69, 9.17) is 0 Å². The highest BCUT2D eigenvalue weighted by Gasteiger charge is 1.86. The number of nitrogens with one attached hydrogen (secondary N) is 1. The topological polar surface area (TPSA) is 12.0 Å². The molecular weight excluding hydrogens is 60.9 g/mol. The minimum atomic E-state index is 1.14. The third-order valence-corrected chi connectivity index (χ3v) is 0.691. The number of hydrogen-bond donors (Lipinski definition) is 1. The molecule has 0 unspecified atom stereocenters. The lowest BCUT2D eigenvalue weighted by atomic mass is 9.94. The second-order valence-electron chi connectivity index (χ2n) is 1.15. The maximum atomic E-state index is 3.04.